The van der Waals surface area contributed by atoms with Gasteiger partial charge in [0.25, 0.3) is 5.78 Å². The molecule has 8 nitrogen and oxygen atoms in total. The number of hydrogen-bond acceptors (Lipinski definition) is 8. The molecule has 1 fully saturated rings. The molecule has 1 aromatic heterocycles. The Labute approximate surface area is 224 Å². The molecule has 0 spiro atoms. The van der Waals surface area contributed by atoms with E-state index in [9.17, 15) is 19.5 Å². The van der Waals surface area contributed by atoms with Crippen LogP contribution in [0.5, 0.6) is 11.5 Å². The summed E-state index contributed by atoms with van der Waals surface area (Å²) in [6, 6.07) is 11.0. The van der Waals surface area contributed by atoms with Crippen LogP contribution in [0.2, 0.25) is 0 Å². The molecule has 38 heavy (non-hydrogen) atoms. The third-order valence-electron chi connectivity index (χ3n) is 6.02. The van der Waals surface area contributed by atoms with E-state index in [1.165, 1.54) is 11.8 Å². The molecule has 196 valence electrons. The lowest BCUT2D eigenvalue weighted by atomic mass is 9.95. The van der Waals surface area contributed by atoms with Gasteiger partial charge in [-0.2, -0.15) is 0 Å². The van der Waals surface area contributed by atoms with E-state index in [1.807, 2.05) is 26.0 Å². The molecule has 1 unspecified atom stereocenters. The van der Waals surface area contributed by atoms with E-state index >= 15 is 0 Å². The second-order valence-electron chi connectivity index (χ2n) is 8.74. The number of aromatic nitrogens is 1. The van der Waals surface area contributed by atoms with Gasteiger partial charge in [-0.05, 0) is 38.5 Å². The molecule has 0 saturated carbocycles. The number of aliphatic hydroxyl groups is 1. The first-order chi connectivity index (χ1) is 18.2. The predicted molar refractivity (Wildman–Crippen MR) is 146 cm³/mol. The number of hydrogen-bond donors (Lipinski definition) is 1. The molecule has 1 amide bonds. The zero-order valence-electron chi connectivity index (χ0n) is 21.6. The number of rotatable bonds is 9. The number of carbonyl (C=O) groups excluding carboxylic acids is 3. The number of ketones is 2. The van der Waals surface area contributed by atoms with E-state index in [-0.39, 0.29) is 28.9 Å². The fraction of sp³-hybridized carbons (Fsp3) is 0.241. The van der Waals surface area contributed by atoms with Crippen LogP contribution in [0.1, 0.15) is 51.9 Å². The smallest absolute Gasteiger partial charge is 0.301 e. The first-order valence-electron chi connectivity index (χ1n) is 12.0. The molecule has 1 N–H and O–H groups in total. The first-order valence-corrected chi connectivity index (χ1v) is 12.9. The van der Waals surface area contributed by atoms with Gasteiger partial charge in [-0.3, -0.25) is 19.3 Å². The van der Waals surface area contributed by atoms with Gasteiger partial charge in [-0.25, -0.2) is 4.98 Å². The number of amides is 1. The molecule has 0 bridgehead atoms. The van der Waals surface area contributed by atoms with Crippen LogP contribution in [0.15, 0.2) is 60.7 Å². The quantitative estimate of drug-likeness (QED) is 0.127. The van der Waals surface area contributed by atoms with Crippen LogP contribution < -0.4 is 14.4 Å². The standard InChI is InChI=1S/C29H28N2O6S/c1-6-14-37-21-13-12-20(15-22(21)36-7-2)24-23(25(33)19-10-8-16(3)9-11-19)26(34)28(35)31(24)29-30-17(4)27(38-29)18(5)32/h6,8-13,15,24,33H,1,7,14H2,2-5H3. The Hall–Kier alpha value is -4.24. The molecule has 1 aliphatic heterocycles. The summed E-state index contributed by atoms with van der Waals surface area (Å²) in [5.74, 6) is -1.32. The van der Waals surface area contributed by atoms with Crippen LogP contribution in [0.25, 0.3) is 5.76 Å². The lowest BCUT2D eigenvalue weighted by Gasteiger charge is -2.24. The van der Waals surface area contributed by atoms with Crippen molar-refractivity contribution >= 4 is 39.7 Å². The highest BCUT2D eigenvalue weighted by molar-refractivity contribution is 7.18. The van der Waals surface area contributed by atoms with Crippen molar-refractivity contribution in [3.05, 3.63) is 88.0 Å². The number of anilines is 1. The summed E-state index contributed by atoms with van der Waals surface area (Å²) in [7, 11) is 0. The fourth-order valence-electron chi connectivity index (χ4n) is 4.25. The third-order valence-corrected chi connectivity index (χ3v) is 7.28. The Morgan fingerprint density at radius 3 is 2.45 bits per heavy atom. The molecule has 9 heteroatoms. The number of ether oxygens (including phenoxy) is 2. The summed E-state index contributed by atoms with van der Waals surface area (Å²) in [5.41, 5.74) is 2.25. The van der Waals surface area contributed by atoms with E-state index in [4.69, 9.17) is 9.47 Å². The van der Waals surface area contributed by atoms with Gasteiger partial charge >= 0.3 is 5.91 Å². The SMILES string of the molecule is C=CCOc1ccc(C2C(=C(O)c3ccc(C)cc3)C(=O)C(=O)N2c2nc(C)c(C(C)=O)s2)cc1OCC. The molecular formula is C29H28N2O6S. The van der Waals surface area contributed by atoms with Gasteiger partial charge in [0.2, 0.25) is 0 Å². The fourth-order valence-corrected chi connectivity index (χ4v) is 5.24. The maximum atomic E-state index is 13.4. The summed E-state index contributed by atoms with van der Waals surface area (Å²) < 4.78 is 11.5. The Kier molecular flexibility index (Phi) is 7.78. The third kappa shape index (κ3) is 4.97. The van der Waals surface area contributed by atoms with Crippen LogP contribution in [0, 0.1) is 13.8 Å². The molecular weight excluding hydrogens is 504 g/mol. The van der Waals surface area contributed by atoms with Crippen LogP contribution in [0.3, 0.4) is 0 Å². The van der Waals surface area contributed by atoms with Gasteiger partial charge < -0.3 is 14.6 Å². The van der Waals surface area contributed by atoms with Crippen LogP contribution in [-0.2, 0) is 9.59 Å². The summed E-state index contributed by atoms with van der Waals surface area (Å²) in [4.78, 5) is 45.1. The van der Waals surface area contributed by atoms with Crippen molar-refractivity contribution in [1.29, 1.82) is 0 Å². The molecule has 1 saturated heterocycles. The minimum absolute atomic E-state index is 0.0849. The lowest BCUT2D eigenvalue weighted by Crippen LogP contribution is -2.29. The number of nitrogens with zero attached hydrogens (tertiary/aromatic N) is 2. The highest BCUT2D eigenvalue weighted by atomic mass is 32.1. The second-order valence-corrected chi connectivity index (χ2v) is 9.72. The number of Topliss-reactive ketones (excluding diaryl/α,β-unsaturated/α-hetero) is 2. The first kappa shape index (κ1) is 26.8. The monoisotopic (exact) mass is 532 g/mol. The largest absolute Gasteiger partial charge is 0.507 e. The molecule has 1 atom stereocenters. The molecule has 0 aliphatic carbocycles. The Morgan fingerprint density at radius 2 is 1.84 bits per heavy atom. The topological polar surface area (TPSA) is 106 Å². The number of benzene rings is 2. The molecule has 2 heterocycles. The number of carbonyl (C=O) groups is 3. The molecule has 0 radical (unpaired) electrons. The number of thiazole rings is 1. The van der Waals surface area contributed by atoms with Crippen molar-refractivity contribution < 1.29 is 29.0 Å². The van der Waals surface area contributed by atoms with E-state index in [1.54, 1.807) is 43.3 Å². The van der Waals surface area contributed by atoms with E-state index in [0.717, 1.165) is 16.9 Å². The van der Waals surface area contributed by atoms with Gasteiger partial charge in [0, 0.05) is 12.5 Å². The summed E-state index contributed by atoms with van der Waals surface area (Å²) in [6.45, 7) is 11.1. The zero-order valence-corrected chi connectivity index (χ0v) is 22.4. The van der Waals surface area contributed by atoms with Gasteiger partial charge in [-0.1, -0.05) is 59.9 Å². The number of aryl methyl sites for hydroxylation is 2. The van der Waals surface area contributed by atoms with Crippen LogP contribution >= 0.6 is 11.3 Å². The minimum Gasteiger partial charge on any atom is -0.507 e. The van der Waals surface area contributed by atoms with Crippen molar-refractivity contribution in [2.45, 2.75) is 33.7 Å². The normalized spacial score (nSPS) is 16.5. The van der Waals surface area contributed by atoms with Gasteiger partial charge in [-0.15, -0.1) is 0 Å². The number of aliphatic hydroxyl groups excluding tert-OH is 1. The van der Waals surface area contributed by atoms with Crippen LogP contribution in [0.4, 0.5) is 5.13 Å². The second kappa shape index (κ2) is 11.0. The highest BCUT2D eigenvalue weighted by Gasteiger charge is 2.48. The Bertz CT molecular complexity index is 1450. The average Bonchev–Trinajstić information content (AvgIpc) is 3.40. The van der Waals surface area contributed by atoms with Gasteiger partial charge in [0.1, 0.15) is 12.4 Å². The highest BCUT2D eigenvalue weighted by Crippen LogP contribution is 2.45. The molecule has 4 rings (SSSR count). The Balaban J connectivity index is 1.95. The van der Waals surface area contributed by atoms with Crippen molar-refractivity contribution in [2.75, 3.05) is 18.1 Å². The lowest BCUT2D eigenvalue weighted by molar-refractivity contribution is -0.132. The maximum Gasteiger partial charge on any atom is 0.301 e. The summed E-state index contributed by atoms with van der Waals surface area (Å²) >= 11 is 1.03. The maximum absolute atomic E-state index is 13.4. The molecule has 1 aliphatic rings. The summed E-state index contributed by atoms with van der Waals surface area (Å²) in [6.07, 6.45) is 1.61. The van der Waals surface area contributed by atoms with E-state index in [0.29, 0.717) is 39.8 Å². The van der Waals surface area contributed by atoms with E-state index in [2.05, 4.69) is 11.6 Å². The van der Waals surface area contributed by atoms with Crippen molar-refractivity contribution in [3.63, 3.8) is 0 Å². The van der Waals surface area contributed by atoms with Crippen molar-refractivity contribution in [2.24, 2.45) is 0 Å². The zero-order chi connectivity index (χ0) is 27.6. The Morgan fingerprint density at radius 1 is 1.13 bits per heavy atom. The van der Waals surface area contributed by atoms with Gasteiger partial charge in [0.05, 0.1) is 28.8 Å². The van der Waals surface area contributed by atoms with Crippen LogP contribution in [-0.4, -0.2) is 40.8 Å². The van der Waals surface area contributed by atoms with Gasteiger partial charge in [0.15, 0.2) is 22.4 Å². The average molecular weight is 533 g/mol. The van der Waals surface area contributed by atoms with E-state index < -0.39 is 17.7 Å². The molecule has 2 aromatic carbocycles. The summed E-state index contributed by atoms with van der Waals surface area (Å²) in [5, 5.41) is 11.5. The predicted octanol–water partition coefficient (Wildman–Crippen LogP) is 5.55. The van der Waals surface area contributed by atoms with Crippen molar-refractivity contribution in [1.82, 2.24) is 4.98 Å². The molecule has 3 aromatic rings. The minimum atomic E-state index is -1.02. The van der Waals surface area contributed by atoms with Crippen molar-refractivity contribution in [3.8, 4) is 11.5 Å².